The van der Waals surface area contributed by atoms with Gasteiger partial charge in [0.25, 0.3) is 0 Å². The zero-order chi connectivity index (χ0) is 18.1. The number of hydrogen-bond acceptors (Lipinski definition) is 6. The van der Waals surface area contributed by atoms with Crippen molar-refractivity contribution >= 4 is 22.8 Å². The summed E-state index contributed by atoms with van der Waals surface area (Å²) < 4.78 is 21.3. The molecule has 1 fully saturated rings. The highest BCUT2D eigenvalue weighted by atomic mass is 19.1. The lowest BCUT2D eigenvalue weighted by Gasteiger charge is -2.33. The van der Waals surface area contributed by atoms with Crippen molar-refractivity contribution in [2.24, 2.45) is 7.05 Å². The summed E-state index contributed by atoms with van der Waals surface area (Å²) >= 11 is 0. The van der Waals surface area contributed by atoms with E-state index in [1.807, 2.05) is 13.1 Å². The lowest BCUT2D eigenvalue weighted by Crippen LogP contribution is -2.37. The summed E-state index contributed by atoms with van der Waals surface area (Å²) in [5, 5.41) is 5.15. The van der Waals surface area contributed by atoms with E-state index in [9.17, 15) is 4.39 Å². The van der Waals surface area contributed by atoms with Crippen molar-refractivity contribution in [2.75, 3.05) is 23.7 Å². The van der Waals surface area contributed by atoms with Gasteiger partial charge in [-0.1, -0.05) is 18.2 Å². The summed E-state index contributed by atoms with van der Waals surface area (Å²) in [7, 11) is 1.83. The molecule has 0 bridgehead atoms. The molecule has 8 heteroatoms. The fourth-order valence-electron chi connectivity index (χ4n) is 3.32. The molecule has 1 aliphatic heterocycles. The number of nitrogen functional groups attached to an aromatic ring is 1. The Labute approximate surface area is 150 Å². The van der Waals surface area contributed by atoms with E-state index in [-0.39, 0.29) is 17.9 Å². The van der Waals surface area contributed by atoms with Gasteiger partial charge in [-0.15, -0.1) is 0 Å². The molecule has 0 amide bonds. The summed E-state index contributed by atoms with van der Waals surface area (Å²) in [6.07, 6.45) is 3.57. The largest absolute Gasteiger partial charge is 0.373 e. The normalized spacial score (nSPS) is 15.7. The molecule has 2 aromatic heterocycles. The zero-order valence-electron chi connectivity index (χ0n) is 14.6. The van der Waals surface area contributed by atoms with Crippen LogP contribution in [0.25, 0.3) is 11.0 Å². The number of nitrogens with zero attached hydrogens (tertiary/aromatic N) is 5. The number of rotatable bonds is 4. The highest BCUT2D eigenvalue weighted by molar-refractivity contribution is 5.87. The van der Waals surface area contributed by atoms with Crippen LogP contribution in [0.5, 0.6) is 0 Å². The average molecular weight is 356 g/mol. The molecule has 0 spiro atoms. The lowest BCUT2D eigenvalue weighted by molar-refractivity contribution is 0.0237. The standard InChI is InChI=1S/C18H21FN6O/c1-24-16-14(10-21-24)17(23-18(20)22-16)25-8-6-13(7-9-25)26-11-12-4-2-3-5-15(12)19/h2-5,10,13H,6-9,11H2,1H3,(H2,20,22,23). The summed E-state index contributed by atoms with van der Waals surface area (Å²) in [5.74, 6) is 0.836. The molecule has 2 N–H and O–H groups in total. The van der Waals surface area contributed by atoms with Gasteiger partial charge in [-0.3, -0.25) is 4.68 Å². The first-order valence-corrected chi connectivity index (χ1v) is 8.67. The number of fused-ring (bicyclic) bond motifs is 1. The lowest BCUT2D eigenvalue weighted by atomic mass is 10.1. The molecule has 0 radical (unpaired) electrons. The van der Waals surface area contributed by atoms with Crippen molar-refractivity contribution in [3.8, 4) is 0 Å². The maximum atomic E-state index is 13.7. The predicted octanol–water partition coefficient (Wildman–Crippen LogP) is 2.27. The van der Waals surface area contributed by atoms with Crippen LogP contribution in [0.4, 0.5) is 16.2 Å². The topological polar surface area (TPSA) is 82.1 Å². The van der Waals surface area contributed by atoms with Crippen molar-refractivity contribution in [1.29, 1.82) is 0 Å². The van der Waals surface area contributed by atoms with E-state index in [1.165, 1.54) is 6.07 Å². The molecule has 1 aliphatic rings. The van der Waals surface area contributed by atoms with Gasteiger partial charge in [-0.25, -0.2) is 4.39 Å². The van der Waals surface area contributed by atoms with Gasteiger partial charge in [0, 0.05) is 25.7 Å². The Hall–Kier alpha value is -2.74. The average Bonchev–Trinajstić information content (AvgIpc) is 3.02. The van der Waals surface area contributed by atoms with Crippen LogP contribution >= 0.6 is 0 Å². The maximum Gasteiger partial charge on any atom is 0.224 e. The molecule has 0 atom stereocenters. The Bertz CT molecular complexity index is 919. The first-order chi connectivity index (χ1) is 12.6. The fourth-order valence-corrected chi connectivity index (χ4v) is 3.32. The minimum Gasteiger partial charge on any atom is -0.373 e. The molecule has 1 aromatic carbocycles. The number of piperidine rings is 1. The molecule has 0 saturated carbocycles. The van der Waals surface area contributed by atoms with E-state index in [4.69, 9.17) is 10.5 Å². The van der Waals surface area contributed by atoms with E-state index < -0.39 is 0 Å². The molecule has 3 heterocycles. The van der Waals surface area contributed by atoms with E-state index >= 15 is 0 Å². The van der Waals surface area contributed by atoms with E-state index in [1.54, 1.807) is 23.0 Å². The maximum absolute atomic E-state index is 13.7. The number of ether oxygens (including phenoxy) is 1. The number of aromatic nitrogens is 4. The quantitative estimate of drug-likeness (QED) is 0.772. The second kappa shape index (κ2) is 6.87. The number of hydrogen-bond donors (Lipinski definition) is 1. The van der Waals surface area contributed by atoms with Gasteiger partial charge in [0.05, 0.1) is 24.3 Å². The third-order valence-electron chi connectivity index (χ3n) is 4.76. The highest BCUT2D eigenvalue weighted by Gasteiger charge is 2.24. The molecule has 7 nitrogen and oxygen atoms in total. The van der Waals surface area contributed by atoms with Gasteiger partial charge >= 0.3 is 0 Å². The van der Waals surface area contributed by atoms with Crippen molar-refractivity contribution in [1.82, 2.24) is 19.7 Å². The Morgan fingerprint density at radius 2 is 2.00 bits per heavy atom. The molecular formula is C18H21FN6O. The first kappa shape index (κ1) is 16.7. The molecule has 0 unspecified atom stereocenters. The van der Waals surface area contributed by atoms with Crippen LogP contribution in [-0.4, -0.2) is 38.9 Å². The SMILES string of the molecule is Cn1ncc2c(N3CCC(OCc4ccccc4F)CC3)nc(N)nc21. The third kappa shape index (κ3) is 3.20. The molecule has 26 heavy (non-hydrogen) atoms. The molecule has 0 aliphatic carbocycles. The summed E-state index contributed by atoms with van der Waals surface area (Å²) in [6.45, 7) is 1.88. The number of aryl methyl sites for hydroxylation is 1. The Kier molecular flexibility index (Phi) is 4.42. The van der Waals surface area contributed by atoms with Crippen LogP contribution in [0.2, 0.25) is 0 Å². The highest BCUT2D eigenvalue weighted by Crippen LogP contribution is 2.27. The van der Waals surface area contributed by atoms with Gasteiger partial charge in [0.15, 0.2) is 5.65 Å². The summed E-state index contributed by atoms with van der Waals surface area (Å²) in [4.78, 5) is 10.9. The van der Waals surface area contributed by atoms with Crippen molar-refractivity contribution in [3.63, 3.8) is 0 Å². The van der Waals surface area contributed by atoms with Gasteiger partial charge in [0.1, 0.15) is 11.6 Å². The van der Waals surface area contributed by atoms with Crippen LogP contribution in [0.1, 0.15) is 18.4 Å². The van der Waals surface area contributed by atoms with Crippen molar-refractivity contribution < 1.29 is 9.13 Å². The monoisotopic (exact) mass is 356 g/mol. The summed E-state index contributed by atoms with van der Waals surface area (Å²) in [5.41, 5.74) is 7.18. The van der Waals surface area contributed by atoms with E-state index in [2.05, 4.69) is 20.0 Å². The van der Waals surface area contributed by atoms with Crippen LogP contribution in [0, 0.1) is 5.82 Å². The van der Waals surface area contributed by atoms with Crippen LogP contribution < -0.4 is 10.6 Å². The van der Waals surface area contributed by atoms with Gasteiger partial charge in [0.2, 0.25) is 5.95 Å². The Morgan fingerprint density at radius 3 is 2.77 bits per heavy atom. The number of nitrogens with two attached hydrogens (primary N) is 1. The number of anilines is 2. The summed E-state index contributed by atoms with van der Waals surface area (Å²) in [6, 6.07) is 6.72. The second-order valence-corrected chi connectivity index (χ2v) is 6.50. The van der Waals surface area contributed by atoms with Crippen molar-refractivity contribution in [2.45, 2.75) is 25.6 Å². The number of halogens is 1. The van der Waals surface area contributed by atoms with E-state index in [0.717, 1.165) is 42.8 Å². The van der Waals surface area contributed by atoms with Crippen LogP contribution in [0.3, 0.4) is 0 Å². The van der Waals surface area contributed by atoms with Gasteiger partial charge < -0.3 is 15.4 Å². The fraction of sp³-hybridized carbons (Fsp3) is 0.389. The molecule has 136 valence electrons. The second-order valence-electron chi connectivity index (χ2n) is 6.50. The van der Waals surface area contributed by atoms with Crippen molar-refractivity contribution in [3.05, 3.63) is 41.8 Å². The molecular weight excluding hydrogens is 335 g/mol. The molecule has 4 rings (SSSR count). The van der Waals surface area contributed by atoms with E-state index in [0.29, 0.717) is 12.2 Å². The Morgan fingerprint density at radius 1 is 1.23 bits per heavy atom. The minimum atomic E-state index is -0.222. The molecule has 1 saturated heterocycles. The predicted molar refractivity (Wildman–Crippen MR) is 97.1 cm³/mol. The van der Waals surface area contributed by atoms with Crippen LogP contribution in [-0.2, 0) is 18.4 Å². The first-order valence-electron chi connectivity index (χ1n) is 8.67. The smallest absolute Gasteiger partial charge is 0.224 e. The minimum absolute atomic E-state index is 0.106. The zero-order valence-corrected chi connectivity index (χ0v) is 14.6. The molecule has 3 aromatic rings. The van der Waals surface area contributed by atoms with Crippen LogP contribution in [0.15, 0.2) is 30.5 Å². The number of benzene rings is 1. The third-order valence-corrected chi connectivity index (χ3v) is 4.76. The Balaban J connectivity index is 1.42. The van der Waals surface area contributed by atoms with Gasteiger partial charge in [-0.05, 0) is 18.9 Å². The van der Waals surface area contributed by atoms with Gasteiger partial charge in [-0.2, -0.15) is 15.1 Å².